The Hall–Kier alpha value is -2.57. The molecule has 5 rings (SSSR count). The van der Waals surface area contributed by atoms with Gasteiger partial charge in [0.1, 0.15) is 17.2 Å². The topological polar surface area (TPSA) is 56.7 Å². The van der Waals surface area contributed by atoms with Crippen LogP contribution in [0.4, 0.5) is 8.78 Å². The van der Waals surface area contributed by atoms with E-state index in [0.717, 1.165) is 36.6 Å². The molecule has 0 saturated heterocycles. The molecule has 2 atom stereocenters. The maximum Gasteiger partial charge on any atom is 0.232 e. The minimum Gasteiger partial charge on any atom is -0.338 e. The van der Waals surface area contributed by atoms with Crippen molar-refractivity contribution in [1.29, 1.82) is 0 Å². The first kappa shape index (κ1) is 16.6. The van der Waals surface area contributed by atoms with Crippen molar-refractivity contribution in [3.63, 3.8) is 0 Å². The zero-order valence-electron chi connectivity index (χ0n) is 15.5. The normalized spacial score (nSPS) is 21.1. The number of hydrogen-bond acceptors (Lipinski definition) is 4. The molecule has 0 spiro atoms. The summed E-state index contributed by atoms with van der Waals surface area (Å²) in [6.45, 7) is 6.01. The van der Waals surface area contributed by atoms with Crippen molar-refractivity contribution < 1.29 is 13.3 Å². The fourth-order valence-electron chi connectivity index (χ4n) is 4.36. The Balaban J connectivity index is 1.70. The lowest BCUT2D eigenvalue weighted by atomic mass is 9.95. The highest BCUT2D eigenvalue weighted by Gasteiger charge is 2.44. The number of hydrogen-bond donors (Lipinski definition) is 0. The lowest BCUT2D eigenvalue weighted by Crippen LogP contribution is -2.11. The fraction of sp³-hybridized carbons (Fsp3) is 0.450. The van der Waals surface area contributed by atoms with Gasteiger partial charge in [0, 0.05) is 23.0 Å². The van der Waals surface area contributed by atoms with Crippen LogP contribution in [0.5, 0.6) is 0 Å². The fourth-order valence-corrected chi connectivity index (χ4v) is 4.36. The van der Waals surface area contributed by atoms with Gasteiger partial charge < -0.3 is 4.52 Å². The van der Waals surface area contributed by atoms with E-state index in [4.69, 9.17) is 4.52 Å². The highest BCUT2D eigenvalue weighted by Crippen LogP contribution is 2.56. The van der Waals surface area contributed by atoms with Crippen LogP contribution in [0.25, 0.3) is 17.2 Å². The van der Waals surface area contributed by atoms with Gasteiger partial charge in [-0.3, -0.25) is 0 Å². The van der Waals surface area contributed by atoms with Crippen molar-refractivity contribution >= 4 is 0 Å². The lowest BCUT2D eigenvalue weighted by Gasteiger charge is -2.14. The molecule has 2 aliphatic rings. The molecule has 1 saturated carbocycles. The Kier molecular flexibility index (Phi) is 3.36. The zero-order valence-corrected chi connectivity index (χ0v) is 15.5. The molecule has 3 aromatic rings. The molecular weight excluding hydrogens is 350 g/mol. The van der Waals surface area contributed by atoms with Crippen LogP contribution < -0.4 is 0 Å². The van der Waals surface area contributed by atoms with E-state index in [-0.39, 0.29) is 11.1 Å². The van der Waals surface area contributed by atoms with Gasteiger partial charge in [-0.25, -0.2) is 13.5 Å². The largest absolute Gasteiger partial charge is 0.338 e. The van der Waals surface area contributed by atoms with Crippen molar-refractivity contribution in [2.45, 2.75) is 57.3 Å². The first-order valence-corrected chi connectivity index (χ1v) is 9.25. The molecule has 7 heteroatoms. The average Bonchev–Trinajstić information content (AvgIpc) is 3.35. The number of rotatable bonds is 2. The Labute approximate surface area is 155 Å². The smallest absolute Gasteiger partial charge is 0.232 e. The number of halogens is 2. The van der Waals surface area contributed by atoms with Crippen molar-refractivity contribution in [2.24, 2.45) is 0 Å². The molecule has 27 heavy (non-hydrogen) atoms. The van der Waals surface area contributed by atoms with Gasteiger partial charge >= 0.3 is 0 Å². The molecule has 2 aliphatic carbocycles. The van der Waals surface area contributed by atoms with Crippen molar-refractivity contribution in [1.82, 2.24) is 19.9 Å². The molecule has 0 N–H and O–H groups in total. The van der Waals surface area contributed by atoms with Crippen LogP contribution in [0, 0.1) is 11.6 Å². The molecule has 0 radical (unpaired) electrons. The number of fused-ring (bicyclic) bond motifs is 5. The lowest BCUT2D eigenvalue weighted by molar-refractivity contribution is 0.321. The van der Waals surface area contributed by atoms with Crippen LogP contribution in [0.3, 0.4) is 0 Å². The Bertz CT molecular complexity index is 1050. The van der Waals surface area contributed by atoms with Gasteiger partial charge in [-0.1, -0.05) is 25.9 Å². The second kappa shape index (κ2) is 5.47. The van der Waals surface area contributed by atoms with Gasteiger partial charge in [0.25, 0.3) is 0 Å². The summed E-state index contributed by atoms with van der Waals surface area (Å²) >= 11 is 0. The third kappa shape index (κ3) is 2.44. The molecule has 140 valence electrons. The SMILES string of the molecule is CC(C)(C)c1nc(-c2nn(-c3ccc(F)cc3F)c3c2[C@H]2CC[C@H]3C2)no1. The van der Waals surface area contributed by atoms with Gasteiger partial charge in [0.05, 0.1) is 5.69 Å². The summed E-state index contributed by atoms with van der Waals surface area (Å²) in [7, 11) is 0. The molecule has 1 aromatic carbocycles. The summed E-state index contributed by atoms with van der Waals surface area (Å²) in [5.41, 5.74) is 2.75. The van der Waals surface area contributed by atoms with E-state index in [1.165, 1.54) is 12.1 Å². The molecule has 2 bridgehead atoms. The van der Waals surface area contributed by atoms with E-state index in [9.17, 15) is 8.78 Å². The van der Waals surface area contributed by atoms with E-state index in [2.05, 4.69) is 15.2 Å². The first-order chi connectivity index (χ1) is 12.8. The van der Waals surface area contributed by atoms with E-state index in [1.54, 1.807) is 4.68 Å². The van der Waals surface area contributed by atoms with Crippen LogP contribution in [-0.2, 0) is 5.41 Å². The predicted molar refractivity (Wildman–Crippen MR) is 94.8 cm³/mol. The monoisotopic (exact) mass is 370 g/mol. The number of aromatic nitrogens is 4. The molecule has 0 aliphatic heterocycles. The number of nitrogens with zero attached hydrogens (tertiary/aromatic N) is 4. The molecule has 2 aromatic heterocycles. The van der Waals surface area contributed by atoms with Crippen LogP contribution in [-0.4, -0.2) is 19.9 Å². The number of benzene rings is 1. The Morgan fingerprint density at radius 2 is 1.93 bits per heavy atom. The third-order valence-corrected chi connectivity index (χ3v) is 5.60. The van der Waals surface area contributed by atoms with Crippen LogP contribution in [0.1, 0.15) is 69.0 Å². The highest BCUT2D eigenvalue weighted by molar-refractivity contribution is 5.62. The van der Waals surface area contributed by atoms with E-state index in [1.807, 2.05) is 20.8 Å². The van der Waals surface area contributed by atoms with Crippen molar-refractivity contribution in [3.8, 4) is 17.2 Å². The van der Waals surface area contributed by atoms with Gasteiger partial charge in [0.2, 0.25) is 11.7 Å². The molecule has 1 fully saturated rings. The Morgan fingerprint density at radius 3 is 2.63 bits per heavy atom. The zero-order chi connectivity index (χ0) is 18.9. The van der Waals surface area contributed by atoms with Crippen LogP contribution in [0.2, 0.25) is 0 Å². The summed E-state index contributed by atoms with van der Waals surface area (Å²) in [4.78, 5) is 4.55. The Morgan fingerprint density at radius 1 is 1.15 bits per heavy atom. The second-order valence-corrected chi connectivity index (χ2v) is 8.54. The maximum absolute atomic E-state index is 14.5. The minimum absolute atomic E-state index is 0.256. The van der Waals surface area contributed by atoms with Gasteiger partial charge in [0.15, 0.2) is 5.82 Å². The molecular formula is C20H20F2N4O. The van der Waals surface area contributed by atoms with Crippen LogP contribution >= 0.6 is 0 Å². The predicted octanol–water partition coefficient (Wildman–Crippen LogP) is 4.86. The summed E-state index contributed by atoms with van der Waals surface area (Å²) < 4.78 is 34.9. The van der Waals surface area contributed by atoms with E-state index >= 15 is 0 Å². The highest BCUT2D eigenvalue weighted by atomic mass is 19.1. The van der Waals surface area contributed by atoms with E-state index < -0.39 is 11.6 Å². The van der Waals surface area contributed by atoms with Gasteiger partial charge in [-0.15, -0.1) is 0 Å². The maximum atomic E-state index is 14.5. The molecule has 0 unspecified atom stereocenters. The molecule has 0 amide bonds. The summed E-state index contributed by atoms with van der Waals surface area (Å²) in [6, 6.07) is 3.58. The van der Waals surface area contributed by atoms with Crippen molar-refractivity contribution in [2.75, 3.05) is 0 Å². The summed E-state index contributed by atoms with van der Waals surface area (Å²) in [5.74, 6) is 0.466. The standard InChI is InChI=1S/C20H20F2N4O/c1-20(2,3)19-23-18(25-27-19)16-15-10-4-5-11(8-10)17(15)26(24-16)14-7-6-12(21)9-13(14)22/h6-7,9-11H,4-5,8H2,1-3H3/t10-,11-/m0/s1. The summed E-state index contributed by atoms with van der Waals surface area (Å²) in [6.07, 6.45) is 3.18. The third-order valence-electron chi connectivity index (χ3n) is 5.60. The van der Waals surface area contributed by atoms with Crippen molar-refractivity contribution in [3.05, 3.63) is 47.0 Å². The molecule has 2 heterocycles. The van der Waals surface area contributed by atoms with Crippen LogP contribution in [0.15, 0.2) is 22.7 Å². The minimum atomic E-state index is -0.627. The summed E-state index contributed by atoms with van der Waals surface area (Å²) in [5, 5.41) is 8.81. The van der Waals surface area contributed by atoms with Gasteiger partial charge in [-0.2, -0.15) is 10.1 Å². The first-order valence-electron chi connectivity index (χ1n) is 9.25. The average molecular weight is 370 g/mol. The van der Waals surface area contributed by atoms with E-state index in [0.29, 0.717) is 29.2 Å². The second-order valence-electron chi connectivity index (χ2n) is 8.54. The van der Waals surface area contributed by atoms with Gasteiger partial charge in [-0.05, 0) is 37.3 Å². The molecule has 5 nitrogen and oxygen atoms in total. The quantitative estimate of drug-likeness (QED) is 0.646.